The lowest BCUT2D eigenvalue weighted by Gasteiger charge is -2.09. The van der Waals surface area contributed by atoms with Crippen molar-refractivity contribution in [3.05, 3.63) is 18.6 Å². The van der Waals surface area contributed by atoms with Crippen molar-refractivity contribution in [3.8, 4) is 5.88 Å². The van der Waals surface area contributed by atoms with Crippen LogP contribution in [-0.2, 0) is 0 Å². The Morgan fingerprint density at radius 2 is 2.55 bits per heavy atom. The van der Waals surface area contributed by atoms with E-state index < -0.39 is 0 Å². The molecule has 1 rings (SSSR count). The Balaban J connectivity index is 2.51. The monoisotopic (exact) mass is 151 g/mol. The van der Waals surface area contributed by atoms with Crippen molar-refractivity contribution in [2.75, 3.05) is 0 Å². The summed E-state index contributed by atoms with van der Waals surface area (Å²) in [4.78, 5) is 7.47. The fourth-order valence-electron chi connectivity index (χ4n) is 0.605. The fourth-order valence-corrected chi connectivity index (χ4v) is 0.605. The van der Waals surface area contributed by atoms with Gasteiger partial charge in [-0.3, -0.25) is 0 Å². The zero-order chi connectivity index (χ0) is 8.10. The molecule has 0 aromatic carbocycles. The molecule has 11 heavy (non-hydrogen) atoms. The predicted octanol–water partition coefficient (Wildman–Crippen LogP) is 1.45. The Kier molecular flexibility index (Phi) is 2.83. The van der Waals surface area contributed by atoms with Crippen LogP contribution in [0, 0.1) is 6.33 Å². The quantitative estimate of drug-likeness (QED) is 0.655. The van der Waals surface area contributed by atoms with Crippen LogP contribution in [0.2, 0.25) is 0 Å². The number of nitrogens with zero attached hydrogens (tertiary/aromatic N) is 2. The minimum Gasteiger partial charge on any atom is -0.475 e. The van der Waals surface area contributed by atoms with Crippen molar-refractivity contribution in [1.82, 2.24) is 9.97 Å². The SMILES string of the molecule is CCC(C)Oc1ccn[c]n1. The number of rotatable bonds is 3. The molecular weight excluding hydrogens is 140 g/mol. The molecule has 1 radical (unpaired) electrons. The van der Waals surface area contributed by atoms with Crippen molar-refractivity contribution in [1.29, 1.82) is 0 Å². The molecule has 1 heterocycles. The zero-order valence-electron chi connectivity index (χ0n) is 6.74. The molecule has 1 unspecified atom stereocenters. The van der Waals surface area contributed by atoms with Gasteiger partial charge in [0, 0.05) is 12.3 Å². The first kappa shape index (κ1) is 7.98. The summed E-state index contributed by atoms with van der Waals surface area (Å²) in [5, 5.41) is 0. The Labute approximate surface area is 66.4 Å². The number of hydrogen-bond acceptors (Lipinski definition) is 3. The lowest BCUT2D eigenvalue weighted by atomic mass is 10.3. The van der Waals surface area contributed by atoms with E-state index in [-0.39, 0.29) is 6.10 Å². The number of hydrogen-bond donors (Lipinski definition) is 0. The van der Waals surface area contributed by atoms with Gasteiger partial charge >= 0.3 is 0 Å². The van der Waals surface area contributed by atoms with Crippen LogP contribution >= 0.6 is 0 Å². The van der Waals surface area contributed by atoms with E-state index in [0.29, 0.717) is 5.88 Å². The first-order valence-corrected chi connectivity index (χ1v) is 3.68. The van der Waals surface area contributed by atoms with Crippen LogP contribution in [0.4, 0.5) is 0 Å². The smallest absolute Gasteiger partial charge is 0.217 e. The Morgan fingerprint density at radius 1 is 1.73 bits per heavy atom. The van der Waals surface area contributed by atoms with E-state index in [1.165, 1.54) is 0 Å². The summed E-state index contributed by atoms with van der Waals surface area (Å²) >= 11 is 0. The van der Waals surface area contributed by atoms with Gasteiger partial charge in [-0.2, -0.15) is 4.98 Å². The molecule has 0 spiro atoms. The maximum Gasteiger partial charge on any atom is 0.217 e. The third-order valence-corrected chi connectivity index (χ3v) is 1.41. The number of aromatic nitrogens is 2. The highest BCUT2D eigenvalue weighted by Crippen LogP contribution is 2.06. The topological polar surface area (TPSA) is 35.0 Å². The van der Waals surface area contributed by atoms with Gasteiger partial charge in [0.1, 0.15) is 0 Å². The Bertz CT molecular complexity index is 201. The fraction of sp³-hybridized carbons (Fsp3) is 0.500. The normalized spacial score (nSPS) is 12.5. The average molecular weight is 151 g/mol. The highest BCUT2D eigenvalue weighted by molar-refractivity contribution is 5.04. The van der Waals surface area contributed by atoms with Gasteiger partial charge in [0.05, 0.1) is 6.10 Å². The van der Waals surface area contributed by atoms with E-state index in [1.807, 2.05) is 6.92 Å². The van der Waals surface area contributed by atoms with Crippen LogP contribution < -0.4 is 4.74 Å². The summed E-state index contributed by atoms with van der Waals surface area (Å²) in [7, 11) is 0. The molecule has 0 aliphatic carbocycles. The lowest BCUT2D eigenvalue weighted by molar-refractivity contribution is 0.208. The first-order chi connectivity index (χ1) is 5.33. The van der Waals surface area contributed by atoms with Crippen LogP contribution in [0.5, 0.6) is 5.88 Å². The standard InChI is InChI=1S/C8H11N2O/c1-3-7(2)11-8-4-5-9-6-10-8/h4-5,7H,3H2,1-2H3. The Morgan fingerprint density at radius 3 is 3.09 bits per heavy atom. The second-order valence-electron chi connectivity index (χ2n) is 2.33. The second-order valence-corrected chi connectivity index (χ2v) is 2.33. The molecule has 3 heteroatoms. The van der Waals surface area contributed by atoms with E-state index in [0.717, 1.165) is 6.42 Å². The van der Waals surface area contributed by atoms with Crippen LogP contribution in [0.15, 0.2) is 12.3 Å². The van der Waals surface area contributed by atoms with Crippen LogP contribution in [-0.4, -0.2) is 16.1 Å². The molecule has 0 bridgehead atoms. The van der Waals surface area contributed by atoms with Crippen molar-refractivity contribution >= 4 is 0 Å². The molecule has 0 aliphatic rings. The highest BCUT2D eigenvalue weighted by Gasteiger charge is 1.99. The minimum absolute atomic E-state index is 0.207. The van der Waals surface area contributed by atoms with Crippen LogP contribution in [0.1, 0.15) is 20.3 Å². The molecule has 1 aromatic heterocycles. The maximum absolute atomic E-state index is 5.38. The molecule has 0 amide bonds. The average Bonchev–Trinajstić information content (AvgIpc) is 2.06. The summed E-state index contributed by atoms with van der Waals surface area (Å²) in [6, 6.07) is 1.72. The third-order valence-electron chi connectivity index (χ3n) is 1.41. The molecule has 0 N–H and O–H groups in total. The highest BCUT2D eigenvalue weighted by atomic mass is 16.5. The van der Waals surface area contributed by atoms with Crippen molar-refractivity contribution < 1.29 is 4.74 Å². The largest absolute Gasteiger partial charge is 0.475 e. The van der Waals surface area contributed by atoms with Gasteiger partial charge in [0.25, 0.3) is 0 Å². The van der Waals surface area contributed by atoms with Gasteiger partial charge in [-0.15, -0.1) is 0 Å². The summed E-state index contributed by atoms with van der Waals surface area (Å²) in [6.07, 6.45) is 5.26. The molecule has 0 aliphatic heterocycles. The second kappa shape index (κ2) is 3.91. The molecular formula is C8H11N2O. The summed E-state index contributed by atoms with van der Waals surface area (Å²) in [6.45, 7) is 4.07. The molecule has 1 atom stereocenters. The van der Waals surface area contributed by atoms with Gasteiger partial charge in [-0.1, -0.05) is 6.92 Å². The third kappa shape index (κ3) is 2.53. The lowest BCUT2D eigenvalue weighted by Crippen LogP contribution is -2.10. The predicted molar refractivity (Wildman–Crippen MR) is 41.2 cm³/mol. The van der Waals surface area contributed by atoms with Crippen molar-refractivity contribution in [2.45, 2.75) is 26.4 Å². The van der Waals surface area contributed by atoms with Gasteiger partial charge in [-0.05, 0) is 13.3 Å². The van der Waals surface area contributed by atoms with Gasteiger partial charge in [0.2, 0.25) is 12.2 Å². The van der Waals surface area contributed by atoms with Gasteiger partial charge in [-0.25, -0.2) is 4.98 Å². The molecule has 0 fully saturated rings. The molecule has 59 valence electrons. The van der Waals surface area contributed by atoms with Gasteiger partial charge in [0.15, 0.2) is 0 Å². The summed E-state index contributed by atoms with van der Waals surface area (Å²) in [5.74, 6) is 0.592. The molecule has 0 saturated heterocycles. The van der Waals surface area contributed by atoms with E-state index in [4.69, 9.17) is 4.74 Å². The van der Waals surface area contributed by atoms with E-state index >= 15 is 0 Å². The first-order valence-electron chi connectivity index (χ1n) is 3.68. The summed E-state index contributed by atoms with van der Waals surface area (Å²) < 4.78 is 5.38. The number of ether oxygens (including phenoxy) is 1. The van der Waals surface area contributed by atoms with E-state index in [9.17, 15) is 0 Å². The van der Waals surface area contributed by atoms with Gasteiger partial charge < -0.3 is 4.74 Å². The molecule has 1 aromatic rings. The molecule has 3 nitrogen and oxygen atoms in total. The molecule has 0 saturated carbocycles. The van der Waals surface area contributed by atoms with Crippen molar-refractivity contribution in [2.24, 2.45) is 0 Å². The van der Waals surface area contributed by atoms with E-state index in [1.54, 1.807) is 12.3 Å². The van der Waals surface area contributed by atoms with Crippen molar-refractivity contribution in [3.63, 3.8) is 0 Å². The van der Waals surface area contributed by atoms with Crippen LogP contribution in [0.3, 0.4) is 0 Å². The zero-order valence-corrected chi connectivity index (χ0v) is 6.74. The van der Waals surface area contributed by atoms with Crippen LogP contribution in [0.25, 0.3) is 0 Å². The minimum atomic E-state index is 0.207. The maximum atomic E-state index is 5.38. The summed E-state index contributed by atoms with van der Waals surface area (Å²) in [5.41, 5.74) is 0. The Hall–Kier alpha value is -1.12. The van der Waals surface area contributed by atoms with E-state index in [2.05, 4.69) is 23.2 Å².